The predicted octanol–water partition coefficient (Wildman–Crippen LogP) is 5.26. The van der Waals surface area contributed by atoms with Gasteiger partial charge in [0.25, 0.3) is 0 Å². The van der Waals surface area contributed by atoms with Gasteiger partial charge in [0.15, 0.2) is 5.82 Å². The van der Waals surface area contributed by atoms with Crippen LogP contribution in [0.25, 0.3) is 10.9 Å². The molecule has 0 radical (unpaired) electrons. The van der Waals surface area contributed by atoms with Crippen LogP contribution in [0, 0.1) is 0 Å². The van der Waals surface area contributed by atoms with Crippen LogP contribution >= 0.6 is 0 Å². The van der Waals surface area contributed by atoms with Gasteiger partial charge in [0.1, 0.15) is 12.4 Å². The molecular weight excluding hydrogens is 410 g/mol. The topological polar surface area (TPSA) is 76.6 Å². The number of ether oxygens (including phenoxy) is 1. The van der Waals surface area contributed by atoms with Gasteiger partial charge >= 0.3 is 0 Å². The molecule has 33 heavy (non-hydrogen) atoms. The highest BCUT2D eigenvalue weighted by atomic mass is 16.5. The van der Waals surface area contributed by atoms with Crippen molar-refractivity contribution in [1.82, 2.24) is 25.6 Å². The van der Waals surface area contributed by atoms with Gasteiger partial charge in [0, 0.05) is 11.8 Å². The summed E-state index contributed by atoms with van der Waals surface area (Å²) in [5, 5.41) is 15.4. The van der Waals surface area contributed by atoms with E-state index in [2.05, 4.69) is 81.1 Å². The molecule has 164 valence electrons. The summed E-state index contributed by atoms with van der Waals surface area (Å²) in [4.78, 5) is 4.68. The van der Waals surface area contributed by atoms with Gasteiger partial charge in [-0.3, -0.25) is 0 Å². The number of aromatic nitrogens is 5. The number of rotatable bonds is 8. The van der Waals surface area contributed by atoms with Gasteiger partial charge in [-0.05, 0) is 53.3 Å². The number of nitrogens with one attached hydrogen (secondary N) is 1. The molecule has 5 rings (SSSR count). The number of tetrazole rings is 1. The molecule has 0 saturated heterocycles. The van der Waals surface area contributed by atoms with E-state index >= 15 is 0 Å². The molecule has 1 unspecified atom stereocenters. The number of para-hydroxylation sites is 1. The minimum Gasteiger partial charge on any atom is -0.487 e. The van der Waals surface area contributed by atoms with Crippen LogP contribution in [-0.4, -0.2) is 25.6 Å². The van der Waals surface area contributed by atoms with E-state index < -0.39 is 0 Å². The molecule has 2 heterocycles. The number of nitrogens with zero attached hydrogens (tertiary/aromatic N) is 4. The highest BCUT2D eigenvalue weighted by Gasteiger charge is 2.09. The molecular formula is C27H25N5O. The Morgan fingerprint density at radius 3 is 2.58 bits per heavy atom. The van der Waals surface area contributed by atoms with E-state index in [4.69, 9.17) is 4.74 Å². The predicted molar refractivity (Wildman–Crippen MR) is 128 cm³/mol. The van der Waals surface area contributed by atoms with Crippen molar-refractivity contribution in [3.63, 3.8) is 0 Å². The van der Waals surface area contributed by atoms with Crippen molar-refractivity contribution in [2.75, 3.05) is 0 Å². The molecule has 0 fully saturated rings. The molecule has 0 aliphatic carbocycles. The normalized spacial score (nSPS) is 12.0. The van der Waals surface area contributed by atoms with E-state index in [0.29, 0.717) is 24.8 Å². The van der Waals surface area contributed by atoms with Crippen LogP contribution in [0.4, 0.5) is 0 Å². The first-order valence-electron chi connectivity index (χ1n) is 11.1. The minimum absolute atomic E-state index is 0.390. The second kappa shape index (κ2) is 9.61. The Kier molecular flexibility index (Phi) is 6.06. The lowest BCUT2D eigenvalue weighted by Crippen LogP contribution is -2.01. The molecule has 0 aliphatic rings. The zero-order valence-corrected chi connectivity index (χ0v) is 18.5. The van der Waals surface area contributed by atoms with E-state index in [9.17, 15) is 0 Å². The molecule has 0 bridgehead atoms. The number of benzene rings is 3. The Bertz CT molecular complexity index is 1330. The summed E-state index contributed by atoms with van der Waals surface area (Å²) in [7, 11) is 0. The number of fused-ring (bicyclic) bond motifs is 1. The van der Waals surface area contributed by atoms with Crippen molar-refractivity contribution in [3.05, 3.63) is 113 Å². The maximum atomic E-state index is 5.98. The fourth-order valence-corrected chi connectivity index (χ4v) is 4.02. The van der Waals surface area contributed by atoms with Crippen LogP contribution in [0.1, 0.15) is 41.1 Å². The van der Waals surface area contributed by atoms with Gasteiger partial charge in [-0.2, -0.15) is 5.21 Å². The average Bonchev–Trinajstić information content (AvgIpc) is 3.36. The first-order chi connectivity index (χ1) is 16.2. The summed E-state index contributed by atoms with van der Waals surface area (Å²) in [5.74, 6) is 1.94. The van der Waals surface area contributed by atoms with E-state index in [-0.39, 0.29) is 0 Å². The molecule has 0 saturated carbocycles. The molecule has 1 N–H and O–H groups in total. The van der Waals surface area contributed by atoms with Crippen molar-refractivity contribution in [1.29, 1.82) is 0 Å². The van der Waals surface area contributed by atoms with Gasteiger partial charge in [-0.15, -0.1) is 10.2 Å². The smallest absolute Gasteiger partial charge is 0.178 e. The molecule has 6 heteroatoms. The maximum Gasteiger partial charge on any atom is 0.178 e. The average molecular weight is 436 g/mol. The third-order valence-electron chi connectivity index (χ3n) is 5.78. The summed E-state index contributed by atoms with van der Waals surface area (Å²) in [5.41, 5.74) is 5.68. The van der Waals surface area contributed by atoms with Crippen LogP contribution in [0.5, 0.6) is 5.75 Å². The van der Waals surface area contributed by atoms with E-state index in [1.165, 1.54) is 16.7 Å². The molecule has 5 aromatic rings. The zero-order chi connectivity index (χ0) is 22.5. The highest BCUT2D eigenvalue weighted by Crippen LogP contribution is 2.24. The molecule has 3 aromatic carbocycles. The third-order valence-corrected chi connectivity index (χ3v) is 5.78. The van der Waals surface area contributed by atoms with E-state index in [0.717, 1.165) is 28.8 Å². The molecule has 1 atom stereocenters. The van der Waals surface area contributed by atoms with E-state index in [1.807, 2.05) is 36.4 Å². The third kappa shape index (κ3) is 5.23. The summed E-state index contributed by atoms with van der Waals surface area (Å²) in [6.45, 7) is 2.70. The van der Waals surface area contributed by atoms with Gasteiger partial charge in [0.05, 0.1) is 11.2 Å². The SMILES string of the molecule is CC(Cc1cccc(Cc2nn[nH]n2)c1)c1ccc(OCc2ccc3ccccc3n2)cc1. The Morgan fingerprint density at radius 1 is 0.879 bits per heavy atom. The number of H-pyrrole nitrogens is 1. The van der Waals surface area contributed by atoms with Crippen molar-refractivity contribution in [2.24, 2.45) is 0 Å². The summed E-state index contributed by atoms with van der Waals surface area (Å²) in [6, 6.07) is 29.2. The number of hydrogen-bond donors (Lipinski definition) is 1. The van der Waals surface area contributed by atoms with Crippen molar-refractivity contribution >= 4 is 10.9 Å². The van der Waals surface area contributed by atoms with Gasteiger partial charge < -0.3 is 4.74 Å². The number of aromatic amines is 1. The van der Waals surface area contributed by atoms with E-state index in [1.54, 1.807) is 0 Å². The molecule has 0 aliphatic heterocycles. The van der Waals surface area contributed by atoms with Crippen LogP contribution in [0.2, 0.25) is 0 Å². The second-order valence-corrected chi connectivity index (χ2v) is 8.28. The molecule has 2 aromatic heterocycles. The van der Waals surface area contributed by atoms with Crippen molar-refractivity contribution in [3.8, 4) is 5.75 Å². The summed E-state index contributed by atoms with van der Waals surface area (Å²) in [6.07, 6.45) is 1.64. The quantitative estimate of drug-likeness (QED) is 0.360. The Hall–Kier alpha value is -4.06. The van der Waals surface area contributed by atoms with Crippen molar-refractivity contribution in [2.45, 2.75) is 32.3 Å². The van der Waals surface area contributed by atoms with Gasteiger partial charge in [-0.1, -0.05) is 72.8 Å². The zero-order valence-electron chi connectivity index (χ0n) is 18.5. The lowest BCUT2D eigenvalue weighted by atomic mass is 9.92. The minimum atomic E-state index is 0.390. The Balaban J connectivity index is 1.19. The second-order valence-electron chi connectivity index (χ2n) is 8.28. The first kappa shape index (κ1) is 20.8. The maximum absolute atomic E-state index is 5.98. The monoisotopic (exact) mass is 435 g/mol. The lowest BCUT2D eigenvalue weighted by molar-refractivity contribution is 0.301. The first-order valence-corrected chi connectivity index (χ1v) is 11.1. The molecule has 0 spiro atoms. The standard InChI is InChI=1S/C27H25N5O/c1-19(15-20-5-4-6-21(16-20)17-27-29-31-32-30-27)22-10-13-25(14-11-22)33-18-24-12-9-23-7-2-3-8-26(23)28-24/h2-14,16,19H,15,17-18H2,1H3,(H,29,30,31,32). The fourth-order valence-electron chi connectivity index (χ4n) is 4.02. The Labute approximate surface area is 192 Å². The van der Waals surface area contributed by atoms with Crippen LogP contribution < -0.4 is 4.74 Å². The number of hydrogen-bond acceptors (Lipinski definition) is 5. The summed E-state index contributed by atoms with van der Waals surface area (Å²) >= 11 is 0. The largest absolute Gasteiger partial charge is 0.487 e. The summed E-state index contributed by atoms with van der Waals surface area (Å²) < 4.78 is 5.98. The van der Waals surface area contributed by atoms with Crippen LogP contribution in [0.3, 0.4) is 0 Å². The number of pyridine rings is 1. The Morgan fingerprint density at radius 2 is 1.73 bits per heavy atom. The van der Waals surface area contributed by atoms with Crippen LogP contribution in [0.15, 0.2) is 84.9 Å². The molecule has 0 amide bonds. The lowest BCUT2D eigenvalue weighted by Gasteiger charge is -2.14. The highest BCUT2D eigenvalue weighted by molar-refractivity contribution is 5.78. The van der Waals surface area contributed by atoms with Gasteiger partial charge in [0.2, 0.25) is 0 Å². The van der Waals surface area contributed by atoms with Crippen molar-refractivity contribution < 1.29 is 4.74 Å². The fraction of sp³-hybridized carbons (Fsp3) is 0.185. The molecule has 6 nitrogen and oxygen atoms in total. The van der Waals surface area contributed by atoms with Crippen LogP contribution in [-0.2, 0) is 19.4 Å². The van der Waals surface area contributed by atoms with Gasteiger partial charge in [-0.25, -0.2) is 4.98 Å².